The number of aryl methyl sites for hydroxylation is 2. The lowest BCUT2D eigenvalue weighted by Gasteiger charge is -2.14. The average molecular weight is 684 g/mol. The second kappa shape index (κ2) is 12.2. The van der Waals surface area contributed by atoms with E-state index in [2.05, 4.69) is 21.0 Å². The van der Waals surface area contributed by atoms with Gasteiger partial charge in [-0.25, -0.2) is 9.78 Å². The third kappa shape index (κ3) is 5.58. The Morgan fingerprint density at radius 3 is 2.57 bits per heavy atom. The standard InChI is InChI=1S/C30H24BrClN4O4S2/c1-2-40-29(39)22-15-23(17-7-9-18(31)10-8-17)36(34-22)25(37)16-41-30-33-27-26(21-5-3-4-6-24(21)42-27)28(38)35(30)20-13-11-19(32)12-14-20/h7-15H,2-6,16H2,1H3. The molecule has 8 nitrogen and oxygen atoms in total. The van der Waals surface area contributed by atoms with Gasteiger partial charge in [0.25, 0.3) is 11.5 Å². The lowest BCUT2D eigenvalue weighted by Crippen LogP contribution is -2.23. The molecule has 0 bridgehead atoms. The van der Waals surface area contributed by atoms with Crippen LogP contribution in [-0.2, 0) is 17.6 Å². The first-order valence-electron chi connectivity index (χ1n) is 13.4. The molecule has 3 aromatic heterocycles. The van der Waals surface area contributed by atoms with Gasteiger partial charge in [-0.1, -0.05) is 51.4 Å². The number of ether oxygens (including phenoxy) is 1. The van der Waals surface area contributed by atoms with Gasteiger partial charge in [-0.3, -0.25) is 14.2 Å². The molecule has 1 aliphatic rings. The number of benzene rings is 2. The van der Waals surface area contributed by atoms with Gasteiger partial charge in [0.2, 0.25) is 0 Å². The monoisotopic (exact) mass is 682 g/mol. The van der Waals surface area contributed by atoms with Gasteiger partial charge < -0.3 is 4.74 Å². The van der Waals surface area contributed by atoms with Crippen LogP contribution in [0, 0.1) is 0 Å². The summed E-state index contributed by atoms with van der Waals surface area (Å²) in [5.74, 6) is -1.07. The smallest absolute Gasteiger partial charge is 0.358 e. The fourth-order valence-electron chi connectivity index (χ4n) is 4.99. The molecule has 0 amide bonds. The molecule has 42 heavy (non-hydrogen) atoms. The summed E-state index contributed by atoms with van der Waals surface area (Å²) in [6, 6.07) is 15.9. The summed E-state index contributed by atoms with van der Waals surface area (Å²) in [5, 5.41) is 5.91. The van der Waals surface area contributed by atoms with E-state index in [-0.39, 0.29) is 29.5 Å². The summed E-state index contributed by atoms with van der Waals surface area (Å²) in [6.07, 6.45) is 3.94. The molecule has 0 saturated heterocycles. The summed E-state index contributed by atoms with van der Waals surface area (Å²) >= 11 is 12.3. The van der Waals surface area contributed by atoms with E-state index in [0.717, 1.165) is 47.5 Å². The molecule has 0 fully saturated rings. The number of hydrogen-bond donors (Lipinski definition) is 0. The molecule has 0 saturated carbocycles. The number of hydrogen-bond acceptors (Lipinski definition) is 8. The second-order valence-corrected chi connectivity index (χ2v) is 13.0. The highest BCUT2D eigenvalue weighted by molar-refractivity contribution is 9.10. The van der Waals surface area contributed by atoms with E-state index in [1.807, 2.05) is 24.3 Å². The Morgan fingerprint density at radius 2 is 1.83 bits per heavy atom. The summed E-state index contributed by atoms with van der Waals surface area (Å²) in [5.41, 5.74) is 2.76. The van der Waals surface area contributed by atoms with Crippen molar-refractivity contribution in [2.24, 2.45) is 0 Å². The predicted molar refractivity (Wildman–Crippen MR) is 170 cm³/mol. The maximum atomic E-state index is 14.0. The van der Waals surface area contributed by atoms with Crippen molar-refractivity contribution in [3.8, 4) is 16.9 Å². The van der Waals surface area contributed by atoms with Crippen molar-refractivity contribution < 1.29 is 14.3 Å². The van der Waals surface area contributed by atoms with Crippen molar-refractivity contribution in [3.05, 3.63) is 90.6 Å². The van der Waals surface area contributed by atoms with Gasteiger partial charge in [-0.2, -0.15) is 9.78 Å². The lowest BCUT2D eigenvalue weighted by atomic mass is 9.97. The molecule has 0 N–H and O–H groups in total. The van der Waals surface area contributed by atoms with Crippen LogP contribution in [-0.4, -0.2) is 43.6 Å². The van der Waals surface area contributed by atoms with Gasteiger partial charge in [0.05, 0.1) is 29.1 Å². The highest BCUT2D eigenvalue weighted by Crippen LogP contribution is 2.35. The molecular formula is C30H24BrClN4O4S2. The first-order valence-corrected chi connectivity index (χ1v) is 16.3. The predicted octanol–water partition coefficient (Wildman–Crippen LogP) is 7.21. The molecule has 12 heteroatoms. The average Bonchev–Trinajstić information content (AvgIpc) is 3.60. The van der Waals surface area contributed by atoms with E-state index in [4.69, 9.17) is 21.3 Å². The summed E-state index contributed by atoms with van der Waals surface area (Å²) in [6.45, 7) is 1.89. The molecule has 6 rings (SSSR count). The van der Waals surface area contributed by atoms with Crippen LogP contribution in [0.3, 0.4) is 0 Å². The van der Waals surface area contributed by atoms with Crippen LogP contribution in [0.25, 0.3) is 27.2 Å². The van der Waals surface area contributed by atoms with Crippen LogP contribution in [0.15, 0.2) is 69.0 Å². The van der Waals surface area contributed by atoms with Crippen LogP contribution in [0.5, 0.6) is 0 Å². The highest BCUT2D eigenvalue weighted by Gasteiger charge is 2.25. The molecule has 0 radical (unpaired) electrons. The van der Waals surface area contributed by atoms with Crippen molar-refractivity contribution in [2.75, 3.05) is 12.4 Å². The molecule has 0 spiro atoms. The zero-order valence-corrected chi connectivity index (χ0v) is 26.4. The van der Waals surface area contributed by atoms with E-state index < -0.39 is 5.97 Å². The Bertz CT molecular complexity index is 1880. The number of thiophene rings is 1. The normalized spacial score (nSPS) is 12.8. The first kappa shape index (κ1) is 28.9. The van der Waals surface area contributed by atoms with Crippen molar-refractivity contribution in [1.82, 2.24) is 19.3 Å². The van der Waals surface area contributed by atoms with Crippen molar-refractivity contribution in [2.45, 2.75) is 37.8 Å². The molecule has 1 aliphatic carbocycles. The van der Waals surface area contributed by atoms with Crippen LogP contribution in [0.4, 0.5) is 0 Å². The largest absolute Gasteiger partial charge is 0.461 e. The SMILES string of the molecule is CCOC(=O)c1cc(-c2ccc(Br)cc2)n(C(=O)CSc2nc3sc4c(c3c(=O)n2-c2ccc(Cl)cc2)CCCC4)n1. The molecule has 0 aliphatic heterocycles. The Labute approximate surface area is 262 Å². The number of carbonyl (C=O) groups excluding carboxylic acids is 2. The Morgan fingerprint density at radius 1 is 1.10 bits per heavy atom. The summed E-state index contributed by atoms with van der Waals surface area (Å²) in [7, 11) is 0. The molecule has 214 valence electrons. The Balaban J connectivity index is 1.40. The maximum absolute atomic E-state index is 14.0. The molecule has 2 aromatic carbocycles. The van der Waals surface area contributed by atoms with E-state index in [0.29, 0.717) is 37.3 Å². The third-order valence-corrected chi connectivity index (χ3v) is 9.83. The fraction of sp³-hybridized carbons (Fsp3) is 0.233. The van der Waals surface area contributed by atoms with E-state index in [9.17, 15) is 14.4 Å². The Kier molecular flexibility index (Phi) is 8.35. The summed E-state index contributed by atoms with van der Waals surface area (Å²) < 4.78 is 8.78. The maximum Gasteiger partial charge on any atom is 0.358 e. The van der Waals surface area contributed by atoms with Gasteiger partial charge in [-0.15, -0.1) is 11.3 Å². The number of nitrogens with zero attached hydrogens (tertiary/aromatic N) is 4. The number of thioether (sulfide) groups is 1. The second-order valence-electron chi connectivity index (χ2n) is 9.64. The number of carbonyl (C=O) groups is 2. The number of halogens is 2. The quantitative estimate of drug-likeness (QED) is 0.102. The lowest BCUT2D eigenvalue weighted by molar-refractivity contribution is 0.0518. The fourth-order valence-corrected chi connectivity index (χ4v) is 7.54. The van der Waals surface area contributed by atoms with Gasteiger partial charge in [0.1, 0.15) is 4.83 Å². The van der Waals surface area contributed by atoms with Crippen molar-refractivity contribution >= 4 is 72.7 Å². The molecule has 5 aromatic rings. The third-order valence-electron chi connectivity index (χ3n) is 6.94. The van der Waals surface area contributed by atoms with E-state index in [1.54, 1.807) is 53.2 Å². The molecule has 3 heterocycles. The number of esters is 1. The van der Waals surface area contributed by atoms with E-state index in [1.165, 1.54) is 9.56 Å². The minimum Gasteiger partial charge on any atom is -0.461 e. The van der Waals surface area contributed by atoms with Gasteiger partial charge in [0, 0.05) is 19.9 Å². The van der Waals surface area contributed by atoms with Crippen LogP contribution < -0.4 is 5.56 Å². The van der Waals surface area contributed by atoms with Crippen molar-refractivity contribution in [1.29, 1.82) is 0 Å². The zero-order chi connectivity index (χ0) is 29.4. The highest BCUT2D eigenvalue weighted by atomic mass is 79.9. The molecule has 0 atom stereocenters. The van der Waals surface area contributed by atoms with Crippen LogP contribution >= 0.6 is 50.6 Å². The first-order chi connectivity index (χ1) is 20.3. The van der Waals surface area contributed by atoms with Crippen LogP contribution in [0.1, 0.15) is 45.5 Å². The zero-order valence-electron chi connectivity index (χ0n) is 22.4. The van der Waals surface area contributed by atoms with Gasteiger partial charge in [0.15, 0.2) is 10.9 Å². The minimum absolute atomic E-state index is 0.0369. The number of rotatable bonds is 7. The number of fused-ring (bicyclic) bond motifs is 3. The summed E-state index contributed by atoms with van der Waals surface area (Å²) in [4.78, 5) is 47.0. The van der Waals surface area contributed by atoms with Gasteiger partial charge >= 0.3 is 5.97 Å². The Hall–Kier alpha value is -3.25. The van der Waals surface area contributed by atoms with E-state index >= 15 is 0 Å². The van der Waals surface area contributed by atoms with Gasteiger partial charge in [-0.05, 0) is 80.6 Å². The molecular weight excluding hydrogens is 660 g/mol. The minimum atomic E-state index is -0.611. The van der Waals surface area contributed by atoms with Crippen molar-refractivity contribution in [3.63, 3.8) is 0 Å². The topological polar surface area (TPSA) is 96.1 Å². The van der Waals surface area contributed by atoms with Crippen LogP contribution in [0.2, 0.25) is 5.02 Å². The molecule has 0 unspecified atom stereocenters. The number of aromatic nitrogens is 4.